The van der Waals surface area contributed by atoms with Gasteiger partial charge in [-0.15, -0.1) is 0 Å². The number of hydrogen-bond donors (Lipinski definition) is 19. The summed E-state index contributed by atoms with van der Waals surface area (Å²) in [6, 6.07) is 18.6. The predicted molar refractivity (Wildman–Crippen MR) is 398 cm³/mol. The topological polar surface area (TPSA) is 519 Å². The Bertz CT molecular complexity index is 5500. The first-order valence-electron chi connectivity index (χ1n) is 34.8. The maximum absolute atomic E-state index is 16.1. The Balaban J connectivity index is 0.947. The van der Waals surface area contributed by atoms with Gasteiger partial charge >= 0.3 is 5.97 Å². The van der Waals surface area contributed by atoms with Gasteiger partial charge in [0.15, 0.2) is 35.3 Å². The number of ether oxygens (including phenoxy) is 5. The van der Waals surface area contributed by atoms with Crippen molar-refractivity contribution >= 4 is 74.6 Å². The average molecular weight is 1620 g/mol. The zero-order valence-electron chi connectivity index (χ0n) is 59.0. The summed E-state index contributed by atoms with van der Waals surface area (Å²) in [4.78, 5) is 105. The van der Waals surface area contributed by atoms with Crippen molar-refractivity contribution in [1.29, 1.82) is 0 Å². The van der Waals surface area contributed by atoms with Gasteiger partial charge in [0.1, 0.15) is 107 Å². The van der Waals surface area contributed by atoms with Crippen LogP contribution in [0, 0.1) is 0 Å². The third-order valence-corrected chi connectivity index (χ3v) is 21.6. The normalized spacial score (nSPS) is 24.3. The number of aliphatic carboxylic acids is 1. The molecule has 590 valence electrons. The molecule has 7 aliphatic rings. The van der Waals surface area contributed by atoms with Gasteiger partial charge in [0, 0.05) is 42.2 Å². The molecule has 6 amide bonds. The highest BCUT2D eigenvalue weighted by molar-refractivity contribution is 7.89. The second-order valence-corrected chi connectivity index (χ2v) is 29.8. The number of phenols is 6. The fraction of sp³-hybridized carbons (Fsp3) is 0.218. The number of hydrogen-bond acceptors (Lipinski definition) is 25. The number of phenolic OH excluding ortho intramolecular Hbond substituents is 6. The molecule has 0 aliphatic carbocycles. The van der Waals surface area contributed by atoms with Gasteiger partial charge in [0.25, 0.3) is 0 Å². The van der Waals surface area contributed by atoms with Crippen LogP contribution in [0.3, 0.4) is 0 Å². The van der Waals surface area contributed by atoms with Gasteiger partial charge in [-0.25, -0.2) is 13.2 Å². The summed E-state index contributed by atoms with van der Waals surface area (Å²) in [6.07, 6.45) is -12.9. The van der Waals surface area contributed by atoms with E-state index in [4.69, 9.17) is 46.9 Å². The molecule has 36 heteroatoms. The van der Waals surface area contributed by atoms with Crippen LogP contribution < -0.4 is 56.2 Å². The van der Waals surface area contributed by atoms with E-state index in [9.17, 15) is 74.2 Å². The van der Waals surface area contributed by atoms with E-state index in [1.54, 1.807) is 30.3 Å². The zero-order valence-corrected chi connectivity index (χ0v) is 61.3. The van der Waals surface area contributed by atoms with Gasteiger partial charge in [-0.1, -0.05) is 89.9 Å². The number of fused-ring (bicyclic) bond motifs is 14. The van der Waals surface area contributed by atoms with Gasteiger partial charge in [0.2, 0.25) is 51.2 Å². The Kier molecular flexibility index (Phi) is 21.8. The molecule has 0 saturated carbocycles. The molecule has 16 rings (SSSR count). The molecule has 114 heavy (non-hydrogen) atoms. The third kappa shape index (κ3) is 16.0. The van der Waals surface area contributed by atoms with Crippen LogP contribution >= 0.6 is 23.2 Å². The lowest BCUT2D eigenvalue weighted by Gasteiger charge is -2.44. The molecule has 9 aromatic rings. The van der Waals surface area contributed by atoms with Gasteiger partial charge in [-0.2, -0.15) is 4.72 Å². The van der Waals surface area contributed by atoms with E-state index in [0.717, 1.165) is 97.4 Å². The third-order valence-electron chi connectivity index (χ3n) is 19.6. The maximum Gasteiger partial charge on any atom is 0.330 e. The van der Waals surface area contributed by atoms with E-state index in [-0.39, 0.29) is 60.5 Å². The molecule has 0 spiro atoms. The minimum absolute atomic E-state index is 0.160. The molecule has 33 nitrogen and oxygen atoms in total. The minimum Gasteiger partial charge on any atom is -0.508 e. The van der Waals surface area contributed by atoms with E-state index in [1.807, 2.05) is 12.1 Å². The van der Waals surface area contributed by atoms with Crippen molar-refractivity contribution in [1.82, 2.24) is 41.9 Å². The first-order chi connectivity index (χ1) is 54.4. The van der Waals surface area contributed by atoms with Crippen molar-refractivity contribution in [2.24, 2.45) is 0 Å². The number of benzene rings is 9. The molecule has 9 aromatic carbocycles. The first kappa shape index (κ1) is 78.4. The smallest absolute Gasteiger partial charge is 0.330 e. The van der Waals surface area contributed by atoms with Crippen molar-refractivity contribution in [3.05, 3.63) is 219 Å². The average Bonchev–Trinajstić information content (AvgIpc) is 0.765. The number of aliphatic hydroxyl groups is 4. The zero-order chi connectivity index (χ0) is 81.0. The van der Waals surface area contributed by atoms with Crippen LogP contribution in [0.25, 0.3) is 22.3 Å². The number of halogens is 2. The summed E-state index contributed by atoms with van der Waals surface area (Å²) < 4.78 is 63.1. The fourth-order valence-corrected chi connectivity index (χ4v) is 15.7. The minimum atomic E-state index is -4.73. The Hall–Kier alpha value is -12.3. The number of rotatable bonds is 9. The number of carbonyl (C=O) groups excluding carboxylic acids is 6. The van der Waals surface area contributed by atoms with Gasteiger partial charge < -0.3 is 112 Å². The lowest BCUT2D eigenvalue weighted by Crippen LogP contribution is -2.65. The molecule has 1 saturated heterocycles. The van der Waals surface area contributed by atoms with Gasteiger partial charge in [0.05, 0.1) is 27.6 Å². The Morgan fingerprint density at radius 3 is 1.89 bits per heavy atom. The monoisotopic (exact) mass is 1620 g/mol. The van der Waals surface area contributed by atoms with Crippen LogP contribution in [0.2, 0.25) is 10.0 Å². The van der Waals surface area contributed by atoms with Crippen LogP contribution in [0.15, 0.2) is 175 Å². The Labute approximate surface area is 655 Å². The van der Waals surface area contributed by atoms with Crippen LogP contribution in [-0.2, 0) is 59.5 Å². The second-order valence-electron chi connectivity index (χ2n) is 27.3. The highest BCUT2D eigenvalue weighted by Gasteiger charge is 2.50. The summed E-state index contributed by atoms with van der Waals surface area (Å²) in [5.41, 5.74) is -1.54. The number of amides is 6. The highest BCUT2D eigenvalue weighted by Crippen LogP contribution is 2.49. The van der Waals surface area contributed by atoms with E-state index >= 15 is 24.0 Å². The number of sulfonamides is 1. The molecular formula is C78H68Cl2N8O25S. The van der Waals surface area contributed by atoms with Crippen LogP contribution in [0.5, 0.6) is 69.0 Å². The quantitative estimate of drug-likeness (QED) is 0.0856. The molecule has 1 unspecified atom stereocenters. The largest absolute Gasteiger partial charge is 0.508 e. The molecule has 7 heterocycles. The molecule has 14 atom stereocenters. The van der Waals surface area contributed by atoms with E-state index < -0.39 is 223 Å². The number of carboxylic acid groups (broad SMARTS) is 1. The molecular weight excluding hydrogens is 1550 g/mol. The fourth-order valence-electron chi connectivity index (χ4n) is 14.0. The summed E-state index contributed by atoms with van der Waals surface area (Å²) in [6.45, 7) is 0.00900. The maximum atomic E-state index is 16.1. The lowest BCUT2D eigenvalue weighted by molar-refractivity contribution is -0.284. The standard InChI is InChI=1S/C78H68Cl2N8O25S/c1-32(90)81-65-69(98)68(97)58(31-89)112-78(65)113-70-38-12-18-54(48(80)24-38)111-57-27-40-26-56(67(57)96)110-53-17-7-33(19-47(53)79)20-49-71(99)83-61(73(101)85-62(40)74(102)84-60-36-10-15-50(93)45(23-36)59-46(29-42(92)30-52(59)95)64(77(105)106)86-76(104)66(70)87-72(60)100)39-21-41(91)28-43(22-39)109-55-25-37(11-16-51(55)94)63(75(103)82-49)88-114(107,108)44-13-8-35(9-14-44)34-5-3-2-4-6-34/h2-19,21-30,49,58,60-66,68-70,74,78,84,88-89,91-98,102H,20,31H2,1H3,(H,81,90)(H,82,103)(H,83,99)(H,85,101)(H,86,104)(H,87,100)(H,105,106)/t49-,58-,60-,61+,62-,63-,64-,65-,66-,68-,69-,70-,74?,78+/m1/s1. The first-order valence-corrected chi connectivity index (χ1v) is 37.1. The number of aromatic hydroxyl groups is 6. The van der Waals surface area contributed by atoms with Crippen LogP contribution in [-0.4, -0.2) is 162 Å². The molecule has 1 fully saturated rings. The van der Waals surface area contributed by atoms with E-state index in [2.05, 4.69) is 41.9 Å². The van der Waals surface area contributed by atoms with Crippen LogP contribution in [0.1, 0.15) is 82.2 Å². The Morgan fingerprint density at radius 2 is 1.20 bits per heavy atom. The summed E-state index contributed by atoms with van der Waals surface area (Å²) in [5.74, 6) is -16.5. The van der Waals surface area contributed by atoms with Crippen molar-refractivity contribution in [2.75, 3.05) is 6.61 Å². The molecule has 17 bridgehead atoms. The van der Waals surface area contributed by atoms with Crippen LogP contribution in [0.4, 0.5) is 0 Å². The number of carbonyl (C=O) groups is 7. The van der Waals surface area contributed by atoms with Crippen molar-refractivity contribution in [2.45, 2.75) is 104 Å². The number of nitrogens with one attached hydrogen (secondary N) is 8. The highest BCUT2D eigenvalue weighted by atomic mass is 35.5. The summed E-state index contributed by atoms with van der Waals surface area (Å²) in [5, 5.41) is 145. The molecule has 0 aromatic heterocycles. The Morgan fingerprint density at radius 1 is 0.561 bits per heavy atom. The lowest BCUT2D eigenvalue weighted by atomic mass is 9.89. The van der Waals surface area contributed by atoms with Gasteiger partial charge in [-0.3, -0.25) is 34.1 Å². The molecule has 19 N–H and O–H groups in total. The van der Waals surface area contributed by atoms with Crippen molar-refractivity contribution < 1.29 is 122 Å². The predicted octanol–water partition coefficient (Wildman–Crippen LogP) is 5.43. The summed E-state index contributed by atoms with van der Waals surface area (Å²) in [7, 11) is -4.73. The molecule has 0 radical (unpaired) electrons. The molecule has 7 aliphatic heterocycles. The van der Waals surface area contributed by atoms with E-state index in [0.29, 0.717) is 5.56 Å². The van der Waals surface area contributed by atoms with Crippen molar-refractivity contribution in [3.8, 4) is 91.2 Å². The number of carboxylic acids is 1. The van der Waals surface area contributed by atoms with E-state index in [1.165, 1.54) is 42.5 Å². The second kappa shape index (κ2) is 31.7. The van der Waals surface area contributed by atoms with Crippen molar-refractivity contribution in [3.63, 3.8) is 0 Å². The summed E-state index contributed by atoms with van der Waals surface area (Å²) >= 11 is 14.2. The van der Waals surface area contributed by atoms with Gasteiger partial charge in [-0.05, 0) is 136 Å². The SMILES string of the molecule is CC(=O)N[C@H]1[C@H](O[C@@H]2c3ccc(c(Cl)c3)Oc3cc4cc(c3O)Oc3ccc(cc3Cl)C[C@H]3NC(=O)[C@H](NS(=O)(=O)c5ccc(-c6ccccc6)cc5)c5ccc(O)c(c5)Oc5cc(O)cc(c5)[C@H](NC3=O)C(=O)N[C@H]4C(O)N[C@H]3C(=O)N[C@H]2C(=O)N[C@@H](C(=O)O)c2cc(O)cc(O)c2-c2cc3ccc2O)O[C@H](CO)[C@@H](O)[C@@H]1O. The number of aliphatic hydroxyl groups excluding tert-OH is 4.